The molecule has 2 aliphatic rings. The Hall–Kier alpha value is -2.64. The number of aryl methyl sites for hydroxylation is 1. The number of aromatic amines is 1. The summed E-state index contributed by atoms with van der Waals surface area (Å²) in [6.45, 7) is 0. The predicted octanol–water partition coefficient (Wildman–Crippen LogP) is -4.61. The third kappa shape index (κ3) is 5.78. The average molecular weight is 578 g/mol. The number of nitrogen functional groups attached to an aromatic ring is 1. The molecule has 37 heavy (non-hydrogen) atoms. The van der Waals surface area contributed by atoms with E-state index in [9.17, 15) is 29.1 Å². The molecule has 1 fully saturated rings. The number of nitrogens with one attached hydrogen (secondary N) is 2. The zero-order chi connectivity index (χ0) is 26.1. The van der Waals surface area contributed by atoms with E-state index in [0.717, 1.165) is 28.0 Å². The van der Waals surface area contributed by atoms with Gasteiger partial charge in [0.05, 0.1) is 0 Å². The quantitative estimate of drug-likeness (QED) is 0.0582. The molecule has 0 radical (unpaired) electrons. The fourth-order valence-electron chi connectivity index (χ4n) is 3.44. The van der Waals surface area contributed by atoms with Crippen LogP contribution in [0.1, 0.15) is 5.69 Å². The van der Waals surface area contributed by atoms with Gasteiger partial charge in [-0.05, 0) is 5.57 Å². The van der Waals surface area contributed by atoms with Crippen molar-refractivity contribution in [2.75, 3.05) is 24.3 Å². The van der Waals surface area contributed by atoms with E-state index < -0.39 is 40.3 Å². The number of carbonyl (C=O) groups excluding carboxylic acids is 2. The molecule has 2 aromatic heterocycles. The maximum absolute atomic E-state index is 12.9. The second-order valence-corrected chi connectivity index (χ2v) is 10.2. The van der Waals surface area contributed by atoms with E-state index in [0.29, 0.717) is 5.57 Å². The number of carbonyl (C=O) groups is 3. The minimum Gasteiger partial charge on any atom is -0.477 e. The molecule has 2 amide bonds. The first kappa shape index (κ1) is 28.9. The van der Waals surface area contributed by atoms with Gasteiger partial charge < -0.3 is 21.0 Å². The topological polar surface area (TPSA) is 215 Å². The molecular weight excluding hydrogens is 559 g/mol. The maximum atomic E-state index is 12.9. The van der Waals surface area contributed by atoms with E-state index >= 15 is 0 Å². The van der Waals surface area contributed by atoms with Gasteiger partial charge in [-0.2, -0.15) is 4.98 Å². The van der Waals surface area contributed by atoms with Crippen molar-refractivity contribution in [3.05, 3.63) is 43.1 Å². The first-order valence-electron chi connectivity index (χ1n) is 9.96. The molecule has 1 saturated heterocycles. The number of anilines is 1. The van der Waals surface area contributed by atoms with Gasteiger partial charge in [-0.15, -0.1) is 23.1 Å². The third-order valence-corrected chi connectivity index (χ3v) is 8.15. The first-order chi connectivity index (χ1) is 17.1. The Labute approximate surface area is 242 Å². The molecule has 0 saturated carbocycles. The van der Waals surface area contributed by atoms with Crippen molar-refractivity contribution >= 4 is 63.5 Å². The molecule has 0 spiro atoms. The van der Waals surface area contributed by atoms with Crippen molar-refractivity contribution in [2.45, 2.75) is 16.6 Å². The summed E-state index contributed by atoms with van der Waals surface area (Å²) < 4.78 is 1.25. The van der Waals surface area contributed by atoms with E-state index in [1.807, 2.05) is 0 Å². The van der Waals surface area contributed by atoms with Gasteiger partial charge in [0.15, 0.2) is 16.0 Å². The van der Waals surface area contributed by atoms with Crippen LogP contribution < -0.4 is 51.7 Å². The zero-order valence-electron chi connectivity index (χ0n) is 19.6. The van der Waals surface area contributed by atoms with Crippen molar-refractivity contribution in [3.8, 4) is 0 Å². The van der Waals surface area contributed by atoms with Gasteiger partial charge in [-0.1, -0.05) is 16.9 Å². The zero-order valence-corrected chi connectivity index (χ0v) is 24.0. The van der Waals surface area contributed by atoms with Crippen LogP contribution in [0.15, 0.2) is 36.6 Å². The fraction of sp³-hybridized carbons (Fsp3) is 0.333. The molecule has 4 rings (SSSR count). The van der Waals surface area contributed by atoms with Gasteiger partial charge in [-0.25, -0.2) is 9.78 Å². The summed E-state index contributed by atoms with van der Waals surface area (Å²) in [5, 5.41) is 19.6. The molecule has 0 unspecified atom stereocenters. The van der Waals surface area contributed by atoms with E-state index in [-0.39, 0.29) is 68.5 Å². The summed E-state index contributed by atoms with van der Waals surface area (Å²) in [5.74, 6) is -2.30. The molecule has 2 aliphatic heterocycles. The third-order valence-electron chi connectivity index (χ3n) is 5.02. The number of nitrogens with zero attached hydrogens (tertiary/aromatic N) is 5. The van der Waals surface area contributed by atoms with Crippen molar-refractivity contribution in [1.82, 2.24) is 30.0 Å². The second kappa shape index (κ2) is 11.8. The second-order valence-electron chi connectivity index (χ2n) is 7.30. The molecule has 15 nitrogen and oxygen atoms in total. The van der Waals surface area contributed by atoms with Crippen LogP contribution in [-0.2, 0) is 26.3 Å². The molecule has 0 bridgehead atoms. The van der Waals surface area contributed by atoms with Gasteiger partial charge >= 0.3 is 46.6 Å². The van der Waals surface area contributed by atoms with E-state index in [2.05, 4.69) is 25.5 Å². The number of rotatable bonds is 8. The number of thiazole rings is 1. The summed E-state index contributed by atoms with van der Waals surface area (Å²) in [4.78, 5) is 74.3. The minimum absolute atomic E-state index is 0. The number of hydrogen-bond donors (Lipinski definition) is 4. The molecule has 0 aliphatic carbocycles. The number of carboxylic acids is 1. The Bertz CT molecular complexity index is 1430. The van der Waals surface area contributed by atoms with Crippen molar-refractivity contribution < 1.29 is 53.9 Å². The number of nitrogens with two attached hydrogens (primary N) is 1. The summed E-state index contributed by atoms with van der Waals surface area (Å²) in [7, 11) is 2.74. The number of amides is 2. The minimum atomic E-state index is -1.31. The number of carboxylic acid groups (broad SMARTS) is 1. The largest absolute Gasteiger partial charge is 1.00 e. The van der Waals surface area contributed by atoms with Crippen LogP contribution in [0.4, 0.5) is 5.13 Å². The Kier molecular flexibility index (Phi) is 9.24. The normalized spacial score (nSPS) is 19.0. The van der Waals surface area contributed by atoms with Gasteiger partial charge in [0.1, 0.15) is 29.9 Å². The summed E-state index contributed by atoms with van der Waals surface area (Å²) in [6.07, 6.45) is 0. The number of β-lactam (4-membered cyclic amide) rings is 1. The van der Waals surface area contributed by atoms with Crippen molar-refractivity contribution in [1.29, 1.82) is 0 Å². The molecule has 4 heterocycles. The van der Waals surface area contributed by atoms with Gasteiger partial charge in [0.2, 0.25) is 0 Å². The Morgan fingerprint density at radius 3 is 2.73 bits per heavy atom. The van der Waals surface area contributed by atoms with E-state index in [1.54, 1.807) is 0 Å². The van der Waals surface area contributed by atoms with Crippen LogP contribution >= 0.6 is 34.9 Å². The van der Waals surface area contributed by atoms with Crippen molar-refractivity contribution in [3.63, 3.8) is 0 Å². The average Bonchev–Trinajstić information content (AvgIpc) is 3.27. The molecular formula is C18H18N8NaO7S3+. The van der Waals surface area contributed by atoms with Crippen LogP contribution in [0.3, 0.4) is 0 Å². The summed E-state index contributed by atoms with van der Waals surface area (Å²) in [6, 6.07) is -0.995. The van der Waals surface area contributed by atoms with Crippen LogP contribution in [0, 0.1) is 0 Å². The molecule has 190 valence electrons. The summed E-state index contributed by atoms with van der Waals surface area (Å²) >= 11 is 3.41. The summed E-state index contributed by atoms with van der Waals surface area (Å²) in [5.41, 5.74) is 4.00. The monoisotopic (exact) mass is 577 g/mol. The van der Waals surface area contributed by atoms with Crippen LogP contribution in [0.5, 0.6) is 0 Å². The molecule has 5 N–H and O–H groups in total. The standard InChI is InChI=1S/C18H18N8O7S3.Na/c1-25-18(22-12(28)13(29)23-25)36-4-6-3-34-15-9(14(30)26(15)10(6)16(31)32)21-11(27)8(24-33-2)7-5-35-17(19)20-7;/h5,9,15H,3-4H2,1-2H3,(H2,19,20)(H,21,27)(H,23,29)(H,31,32);/q;+1/b24-8+;/t9-,15-;/m1./s1. The molecule has 19 heteroatoms. The number of oxime groups is 1. The Morgan fingerprint density at radius 2 is 2.11 bits per heavy atom. The van der Waals surface area contributed by atoms with Gasteiger partial charge in [0, 0.05) is 23.9 Å². The van der Waals surface area contributed by atoms with Gasteiger partial charge in [-0.3, -0.25) is 33.9 Å². The van der Waals surface area contributed by atoms with Crippen molar-refractivity contribution in [2.24, 2.45) is 12.2 Å². The predicted molar refractivity (Wildman–Crippen MR) is 131 cm³/mol. The fourth-order valence-corrected chi connectivity index (χ4v) is 6.39. The molecule has 2 aromatic rings. The number of aromatic nitrogens is 4. The van der Waals surface area contributed by atoms with Crippen LogP contribution in [-0.4, -0.2) is 83.3 Å². The smallest absolute Gasteiger partial charge is 0.477 e. The van der Waals surface area contributed by atoms with E-state index in [1.165, 1.54) is 36.0 Å². The maximum Gasteiger partial charge on any atom is 1.00 e. The molecule has 0 aromatic carbocycles. The SMILES string of the molecule is CO/N=C(/C(=O)N[C@@H]1C(=O)N2C(C(=O)O)=C(CSc3nc(=O)c(=O)[nH]n3C)CS[C@H]12)c1csc(N)n1.[Na+]. The number of aliphatic carboxylic acids is 1. The molecule has 2 atom stereocenters. The van der Waals surface area contributed by atoms with Gasteiger partial charge in [0.25, 0.3) is 11.8 Å². The number of H-pyrrole nitrogens is 1. The van der Waals surface area contributed by atoms with Crippen LogP contribution in [0.25, 0.3) is 0 Å². The number of thioether (sulfide) groups is 2. The van der Waals surface area contributed by atoms with Crippen LogP contribution in [0.2, 0.25) is 0 Å². The van der Waals surface area contributed by atoms with E-state index in [4.69, 9.17) is 10.6 Å². The number of fused-ring (bicyclic) bond motifs is 1. The Morgan fingerprint density at radius 1 is 1.38 bits per heavy atom. The number of hydrogen-bond acceptors (Lipinski definition) is 13. The first-order valence-corrected chi connectivity index (χ1v) is 12.9. The Balaban J connectivity index is 0.00000380.